The second kappa shape index (κ2) is 16.0. The van der Waals surface area contributed by atoms with Gasteiger partial charge in [-0.15, -0.1) is 0 Å². The van der Waals surface area contributed by atoms with Gasteiger partial charge < -0.3 is 29.8 Å². The van der Waals surface area contributed by atoms with E-state index in [4.69, 9.17) is 19.9 Å². The van der Waals surface area contributed by atoms with Crippen LogP contribution in [0.1, 0.15) is 39.2 Å². The Balaban J connectivity index is 1.33. The van der Waals surface area contributed by atoms with Crippen LogP contribution < -0.4 is 15.8 Å². The third kappa shape index (κ3) is 8.74. The van der Waals surface area contributed by atoms with Crippen molar-refractivity contribution in [1.29, 1.82) is 0 Å². The maximum absolute atomic E-state index is 13.2. The number of nitrogens with zero attached hydrogens (tertiary/aromatic N) is 2. The molecule has 2 aromatic heterocycles. The van der Waals surface area contributed by atoms with Gasteiger partial charge in [0, 0.05) is 18.4 Å². The molecule has 250 valence electrons. The van der Waals surface area contributed by atoms with Crippen molar-refractivity contribution in [3.05, 3.63) is 131 Å². The molecule has 0 aliphatic carbocycles. The summed E-state index contributed by atoms with van der Waals surface area (Å²) in [6.07, 6.45) is 0.945. The Morgan fingerprint density at radius 1 is 0.796 bits per heavy atom. The van der Waals surface area contributed by atoms with E-state index >= 15 is 0 Å². The molecule has 0 bridgehead atoms. The molecular weight excluding hydrogens is 628 g/mol. The fraction of sp³-hybridized carbons (Fsp3) is 0.189. The number of ketones is 1. The fourth-order valence-corrected chi connectivity index (χ4v) is 5.23. The second-order valence-corrected chi connectivity index (χ2v) is 11.1. The number of ether oxygens (including phenoxy) is 3. The van der Waals surface area contributed by atoms with Crippen LogP contribution in [0.25, 0.3) is 10.9 Å². The summed E-state index contributed by atoms with van der Waals surface area (Å²) in [5.74, 6) is -4.56. The number of hydrogen-bond donors (Lipinski definition) is 2. The summed E-state index contributed by atoms with van der Waals surface area (Å²) in [6, 6.07) is 27.7. The highest BCUT2D eigenvalue weighted by Gasteiger charge is 2.29. The quantitative estimate of drug-likeness (QED) is 0.0962. The number of hydrogen-bond acceptors (Lipinski definition) is 9. The number of aromatic nitrogens is 2. The van der Waals surface area contributed by atoms with Gasteiger partial charge in [0.2, 0.25) is 5.88 Å². The Morgan fingerprint density at radius 3 is 1.96 bits per heavy atom. The Bertz CT molecular complexity index is 1960. The van der Waals surface area contributed by atoms with Crippen molar-refractivity contribution in [2.45, 2.75) is 39.1 Å². The highest BCUT2D eigenvalue weighted by Crippen LogP contribution is 2.33. The second-order valence-electron chi connectivity index (χ2n) is 11.1. The molecular formula is C37H34N4O8. The van der Waals surface area contributed by atoms with E-state index in [9.17, 15) is 24.0 Å². The smallest absolute Gasteiger partial charge is 0.329 e. The van der Waals surface area contributed by atoms with Gasteiger partial charge in [-0.25, -0.2) is 9.78 Å². The number of pyridine rings is 1. The van der Waals surface area contributed by atoms with E-state index in [0.29, 0.717) is 23.3 Å². The highest BCUT2D eigenvalue weighted by molar-refractivity contribution is 6.45. The lowest BCUT2D eigenvalue weighted by Gasteiger charge is -2.17. The molecule has 12 nitrogen and oxygen atoms in total. The van der Waals surface area contributed by atoms with E-state index < -0.39 is 48.6 Å². The maximum atomic E-state index is 13.2. The summed E-state index contributed by atoms with van der Waals surface area (Å²) in [7, 11) is 0. The largest absolute Gasteiger partial charge is 0.467 e. The summed E-state index contributed by atoms with van der Waals surface area (Å²) >= 11 is 0. The van der Waals surface area contributed by atoms with Gasteiger partial charge >= 0.3 is 11.9 Å². The summed E-state index contributed by atoms with van der Waals surface area (Å²) in [6.45, 7) is 1.29. The molecule has 0 radical (unpaired) electrons. The Morgan fingerprint density at radius 2 is 1.37 bits per heavy atom. The standard InChI is InChI=1S/C37H34N4O8/c1-24-32(34(44)35(38)45)33-29(41(24)20-25-11-5-2-6-12-25)17-18-39-36(33)48-23-30(42)40-28(37(46)49-22-27-15-9-4-10-16-27)19-31(43)47-21-26-13-7-3-8-14-26/h2-18,28H,19-23H2,1H3,(H2,38,45)(H,40,42). The minimum atomic E-state index is -1.40. The van der Waals surface area contributed by atoms with E-state index in [-0.39, 0.29) is 30.0 Å². The van der Waals surface area contributed by atoms with Gasteiger partial charge in [-0.3, -0.25) is 19.2 Å². The summed E-state index contributed by atoms with van der Waals surface area (Å²) in [5.41, 5.74) is 8.79. The number of nitrogens with one attached hydrogen (secondary N) is 1. The van der Waals surface area contributed by atoms with Gasteiger partial charge in [-0.05, 0) is 29.7 Å². The number of primary amides is 1. The number of amides is 2. The number of fused-ring (bicyclic) bond motifs is 1. The fourth-order valence-electron chi connectivity index (χ4n) is 5.23. The van der Waals surface area contributed by atoms with E-state index in [0.717, 1.165) is 11.1 Å². The van der Waals surface area contributed by atoms with Crippen molar-refractivity contribution in [2.24, 2.45) is 5.73 Å². The summed E-state index contributed by atoms with van der Waals surface area (Å²) in [4.78, 5) is 68.3. The lowest BCUT2D eigenvalue weighted by atomic mass is 10.1. The monoisotopic (exact) mass is 662 g/mol. The molecule has 2 heterocycles. The van der Waals surface area contributed by atoms with Crippen molar-refractivity contribution in [3.8, 4) is 5.88 Å². The first-order chi connectivity index (χ1) is 23.7. The van der Waals surface area contributed by atoms with E-state index in [2.05, 4.69) is 10.3 Å². The maximum Gasteiger partial charge on any atom is 0.329 e. The van der Waals surface area contributed by atoms with Crippen LogP contribution in [-0.2, 0) is 48.4 Å². The predicted octanol–water partition coefficient (Wildman–Crippen LogP) is 3.80. The molecule has 0 fully saturated rings. The highest BCUT2D eigenvalue weighted by atomic mass is 16.5. The zero-order chi connectivity index (χ0) is 34.8. The van der Waals surface area contributed by atoms with Crippen molar-refractivity contribution in [2.75, 3.05) is 6.61 Å². The van der Waals surface area contributed by atoms with Crippen LogP contribution in [0, 0.1) is 6.92 Å². The molecule has 0 saturated heterocycles. The van der Waals surface area contributed by atoms with Gasteiger partial charge in [0.05, 0.1) is 22.9 Å². The molecule has 3 N–H and O–H groups in total. The van der Waals surface area contributed by atoms with Gasteiger partial charge in [0.25, 0.3) is 17.6 Å². The molecule has 3 aromatic carbocycles. The molecule has 12 heteroatoms. The van der Waals surface area contributed by atoms with E-state index in [1.165, 1.54) is 6.20 Å². The van der Waals surface area contributed by atoms with Gasteiger partial charge in [0.1, 0.15) is 19.3 Å². The minimum Gasteiger partial charge on any atom is -0.467 e. The van der Waals surface area contributed by atoms with Gasteiger partial charge in [-0.1, -0.05) is 91.0 Å². The SMILES string of the molecule is Cc1c(C(=O)C(N)=O)c2c(OCC(=O)NC(CC(=O)OCc3ccccc3)C(=O)OCc3ccccc3)nccc2n1Cc1ccccc1. The molecule has 0 aliphatic rings. The minimum absolute atomic E-state index is 0.00506. The van der Waals surface area contributed by atoms with Crippen LogP contribution in [-0.4, -0.2) is 51.7 Å². The average Bonchev–Trinajstić information content (AvgIpc) is 3.40. The Kier molecular flexibility index (Phi) is 11.1. The predicted molar refractivity (Wildman–Crippen MR) is 178 cm³/mol. The van der Waals surface area contributed by atoms with Crippen molar-refractivity contribution in [3.63, 3.8) is 0 Å². The van der Waals surface area contributed by atoms with Crippen LogP contribution in [0.5, 0.6) is 5.88 Å². The van der Waals surface area contributed by atoms with E-state index in [1.807, 2.05) is 47.0 Å². The third-order valence-corrected chi connectivity index (χ3v) is 7.63. The van der Waals surface area contributed by atoms with Gasteiger partial charge in [0.15, 0.2) is 6.61 Å². The lowest BCUT2D eigenvalue weighted by molar-refractivity contribution is -0.155. The number of esters is 2. The molecule has 5 aromatic rings. The first-order valence-corrected chi connectivity index (χ1v) is 15.4. The van der Waals surface area contributed by atoms with Crippen molar-refractivity contribution in [1.82, 2.24) is 14.9 Å². The van der Waals surface area contributed by atoms with Crippen LogP contribution in [0.15, 0.2) is 103 Å². The topological polar surface area (TPSA) is 169 Å². The number of nitrogens with two attached hydrogens (primary N) is 1. The number of rotatable bonds is 15. The number of benzene rings is 3. The van der Waals surface area contributed by atoms with Gasteiger partial charge in [-0.2, -0.15) is 0 Å². The van der Waals surface area contributed by atoms with Crippen molar-refractivity contribution < 1.29 is 38.2 Å². The lowest BCUT2D eigenvalue weighted by Crippen LogP contribution is -2.45. The molecule has 2 amide bonds. The average molecular weight is 663 g/mol. The van der Waals surface area contributed by atoms with Crippen LogP contribution >= 0.6 is 0 Å². The summed E-state index contributed by atoms with van der Waals surface area (Å²) < 4.78 is 18.3. The van der Waals surface area contributed by atoms with Crippen LogP contribution in [0.4, 0.5) is 0 Å². The third-order valence-electron chi connectivity index (χ3n) is 7.63. The molecule has 1 atom stereocenters. The normalized spacial score (nSPS) is 11.4. The summed E-state index contributed by atoms with van der Waals surface area (Å²) in [5, 5.41) is 2.70. The van der Waals surface area contributed by atoms with Crippen LogP contribution in [0.2, 0.25) is 0 Å². The molecule has 5 rings (SSSR count). The number of carbonyl (C=O) groups excluding carboxylic acids is 5. The molecule has 1 unspecified atom stereocenters. The Hall–Kier alpha value is -6.30. The molecule has 0 aliphatic heterocycles. The van der Waals surface area contributed by atoms with E-state index in [1.54, 1.807) is 61.5 Å². The first kappa shape index (κ1) is 34.0. The molecule has 0 saturated carbocycles. The molecule has 0 spiro atoms. The Labute approximate surface area is 281 Å². The number of carbonyl (C=O) groups is 5. The number of Topliss-reactive ketones (excluding diaryl/α,β-unsaturated/α-hetero) is 1. The zero-order valence-electron chi connectivity index (χ0n) is 26.7. The van der Waals surface area contributed by atoms with Crippen molar-refractivity contribution >= 4 is 40.4 Å². The van der Waals surface area contributed by atoms with Crippen LogP contribution in [0.3, 0.4) is 0 Å². The zero-order valence-corrected chi connectivity index (χ0v) is 26.7. The molecule has 49 heavy (non-hydrogen) atoms. The first-order valence-electron chi connectivity index (χ1n) is 15.4.